The maximum Gasteiger partial charge on any atom is 0.155 e. The van der Waals surface area contributed by atoms with Crippen molar-refractivity contribution in [2.24, 2.45) is 9.98 Å². The Morgan fingerprint density at radius 2 is 0.961 bits per heavy atom. The standard InChI is InChI=1S/C49H38N2/c1-34-25-27-38(28-26-34)39-29-31-41(32-30-39)47-44-23-14-24-45(48(44)43-22-13-12-21-42(43)46(47)40-19-10-5-11-20-40)49(50-33-36-15-6-3-7-16-36)51-35(2)37-17-8-4-9-18-37/h3-32H,33H2,1-2H3. The number of rotatable bonds is 7. The second kappa shape index (κ2) is 14.2. The molecule has 8 aromatic carbocycles. The minimum atomic E-state index is 0.533. The first-order valence-electron chi connectivity index (χ1n) is 17.5. The van der Waals surface area contributed by atoms with Crippen LogP contribution in [0.1, 0.15) is 29.2 Å². The zero-order chi connectivity index (χ0) is 34.6. The van der Waals surface area contributed by atoms with E-state index in [4.69, 9.17) is 9.98 Å². The molecule has 0 saturated carbocycles. The summed E-state index contributed by atoms with van der Waals surface area (Å²) < 4.78 is 0. The molecule has 0 aliphatic rings. The third-order valence-corrected chi connectivity index (χ3v) is 9.63. The van der Waals surface area contributed by atoms with Crippen molar-refractivity contribution in [1.29, 1.82) is 0 Å². The van der Waals surface area contributed by atoms with Gasteiger partial charge in [0.25, 0.3) is 0 Å². The Labute approximate surface area is 300 Å². The highest BCUT2D eigenvalue weighted by Crippen LogP contribution is 2.46. The number of hydrogen-bond donors (Lipinski definition) is 0. The van der Waals surface area contributed by atoms with Gasteiger partial charge < -0.3 is 0 Å². The quantitative estimate of drug-likeness (QED) is 0.0928. The van der Waals surface area contributed by atoms with E-state index >= 15 is 0 Å². The molecule has 0 unspecified atom stereocenters. The van der Waals surface area contributed by atoms with Crippen molar-refractivity contribution in [1.82, 2.24) is 0 Å². The SMILES string of the molecule is CC(=NC(=NCc1ccccc1)c1cccc2c(-c3ccc(-c4ccc(C)cc4)cc3)c(-c3ccccc3)c3ccccc3c12)c1ccccc1. The van der Waals surface area contributed by atoms with Crippen molar-refractivity contribution in [3.63, 3.8) is 0 Å². The highest BCUT2D eigenvalue weighted by molar-refractivity contribution is 6.28. The molecule has 0 heterocycles. The number of nitrogens with zero attached hydrogens (tertiary/aromatic N) is 2. The predicted molar refractivity (Wildman–Crippen MR) is 218 cm³/mol. The minimum Gasteiger partial charge on any atom is -0.261 e. The maximum absolute atomic E-state index is 5.29. The average Bonchev–Trinajstić information content (AvgIpc) is 3.20. The van der Waals surface area contributed by atoms with Gasteiger partial charge in [0.2, 0.25) is 0 Å². The Bertz CT molecular complexity index is 2510. The third-order valence-electron chi connectivity index (χ3n) is 9.63. The molecule has 0 aliphatic carbocycles. The van der Waals surface area contributed by atoms with Crippen LogP contribution >= 0.6 is 0 Å². The first kappa shape index (κ1) is 31.9. The Morgan fingerprint density at radius 3 is 1.65 bits per heavy atom. The van der Waals surface area contributed by atoms with Crippen molar-refractivity contribution >= 4 is 33.1 Å². The van der Waals surface area contributed by atoms with Gasteiger partial charge in [0.1, 0.15) is 0 Å². The van der Waals surface area contributed by atoms with Gasteiger partial charge in [-0.3, -0.25) is 4.99 Å². The molecule has 0 bridgehead atoms. The van der Waals surface area contributed by atoms with Gasteiger partial charge in [-0.05, 0) is 74.5 Å². The molecule has 8 aromatic rings. The van der Waals surface area contributed by atoms with Crippen LogP contribution in [0.15, 0.2) is 192 Å². The Kier molecular flexibility index (Phi) is 8.89. The number of aryl methyl sites for hydroxylation is 1. The van der Waals surface area contributed by atoms with Crippen molar-refractivity contribution in [3.05, 3.63) is 204 Å². The van der Waals surface area contributed by atoms with E-state index in [1.54, 1.807) is 0 Å². The molecule has 0 saturated heterocycles. The summed E-state index contributed by atoms with van der Waals surface area (Å²) in [5.41, 5.74) is 12.6. The molecule has 244 valence electrons. The number of benzene rings is 8. The van der Waals surface area contributed by atoms with Crippen molar-refractivity contribution < 1.29 is 0 Å². The molecule has 0 aliphatic heterocycles. The fourth-order valence-electron chi connectivity index (χ4n) is 7.04. The molecule has 51 heavy (non-hydrogen) atoms. The summed E-state index contributed by atoms with van der Waals surface area (Å²) in [4.78, 5) is 10.5. The van der Waals surface area contributed by atoms with Crippen LogP contribution in [-0.4, -0.2) is 11.5 Å². The zero-order valence-electron chi connectivity index (χ0n) is 28.9. The summed E-state index contributed by atoms with van der Waals surface area (Å²) in [7, 11) is 0. The molecule has 0 radical (unpaired) electrons. The molecular weight excluding hydrogens is 617 g/mol. The molecule has 0 atom stereocenters. The molecule has 2 heteroatoms. The van der Waals surface area contributed by atoms with E-state index in [0.717, 1.165) is 33.6 Å². The lowest BCUT2D eigenvalue weighted by atomic mass is 9.83. The maximum atomic E-state index is 5.29. The Hall–Kier alpha value is -6.38. The van der Waals surface area contributed by atoms with Crippen LogP contribution in [-0.2, 0) is 6.54 Å². The highest BCUT2D eigenvalue weighted by atomic mass is 14.9. The summed E-state index contributed by atoms with van der Waals surface area (Å²) in [6, 6.07) is 64.8. The number of hydrogen-bond acceptors (Lipinski definition) is 1. The molecule has 0 fully saturated rings. The normalized spacial score (nSPS) is 12.0. The number of fused-ring (bicyclic) bond motifs is 3. The fraction of sp³-hybridized carbons (Fsp3) is 0.0612. The second-order valence-corrected chi connectivity index (χ2v) is 13.0. The fourth-order valence-corrected chi connectivity index (χ4v) is 7.04. The molecule has 0 aromatic heterocycles. The van der Waals surface area contributed by atoms with Crippen molar-refractivity contribution in [3.8, 4) is 33.4 Å². The van der Waals surface area contributed by atoms with E-state index in [-0.39, 0.29) is 0 Å². The van der Waals surface area contributed by atoms with Crippen LogP contribution in [0.5, 0.6) is 0 Å². The molecule has 2 nitrogen and oxygen atoms in total. The average molecular weight is 655 g/mol. The summed E-state index contributed by atoms with van der Waals surface area (Å²) >= 11 is 0. The summed E-state index contributed by atoms with van der Waals surface area (Å²) in [6.07, 6.45) is 0. The van der Waals surface area contributed by atoms with Crippen LogP contribution < -0.4 is 0 Å². The van der Waals surface area contributed by atoms with E-state index in [2.05, 4.69) is 184 Å². The third kappa shape index (κ3) is 6.52. The lowest BCUT2D eigenvalue weighted by molar-refractivity contribution is 1.06. The predicted octanol–water partition coefficient (Wildman–Crippen LogP) is 12.8. The summed E-state index contributed by atoms with van der Waals surface area (Å²) in [6.45, 7) is 4.74. The van der Waals surface area contributed by atoms with E-state index in [9.17, 15) is 0 Å². The van der Waals surface area contributed by atoms with E-state index in [1.807, 2.05) is 12.1 Å². The lowest BCUT2D eigenvalue weighted by Gasteiger charge is -2.20. The van der Waals surface area contributed by atoms with Gasteiger partial charge >= 0.3 is 0 Å². The monoisotopic (exact) mass is 654 g/mol. The van der Waals surface area contributed by atoms with Gasteiger partial charge in [-0.2, -0.15) is 0 Å². The van der Waals surface area contributed by atoms with Crippen molar-refractivity contribution in [2.75, 3.05) is 0 Å². The largest absolute Gasteiger partial charge is 0.261 e. The van der Waals surface area contributed by atoms with Crippen molar-refractivity contribution in [2.45, 2.75) is 20.4 Å². The molecule has 0 spiro atoms. The molecule has 0 N–H and O–H groups in total. The number of amidine groups is 1. The van der Waals surface area contributed by atoms with Crippen LogP contribution in [0.3, 0.4) is 0 Å². The van der Waals surface area contributed by atoms with Crippen LogP contribution in [0.25, 0.3) is 54.9 Å². The minimum absolute atomic E-state index is 0.533. The van der Waals surface area contributed by atoms with Crippen LogP contribution in [0, 0.1) is 6.92 Å². The van der Waals surface area contributed by atoms with E-state index in [1.165, 1.54) is 55.1 Å². The van der Waals surface area contributed by atoms with Crippen LogP contribution in [0.4, 0.5) is 0 Å². The topological polar surface area (TPSA) is 24.7 Å². The Balaban J connectivity index is 1.41. The molecule has 8 rings (SSSR count). The first-order valence-corrected chi connectivity index (χ1v) is 17.5. The number of aliphatic imine (C=N–C) groups is 2. The molecular formula is C49H38N2. The summed E-state index contributed by atoms with van der Waals surface area (Å²) in [5, 5.41) is 4.71. The van der Waals surface area contributed by atoms with Crippen LogP contribution in [0.2, 0.25) is 0 Å². The smallest absolute Gasteiger partial charge is 0.155 e. The van der Waals surface area contributed by atoms with Gasteiger partial charge in [0, 0.05) is 16.7 Å². The summed E-state index contributed by atoms with van der Waals surface area (Å²) in [5.74, 6) is 0.726. The molecule has 0 amide bonds. The second-order valence-electron chi connectivity index (χ2n) is 13.0. The van der Waals surface area contributed by atoms with Gasteiger partial charge in [-0.15, -0.1) is 0 Å². The Morgan fingerprint density at radius 1 is 0.451 bits per heavy atom. The van der Waals surface area contributed by atoms with E-state index in [0.29, 0.717) is 6.54 Å². The first-order chi connectivity index (χ1) is 25.1. The van der Waals surface area contributed by atoms with Gasteiger partial charge in [-0.25, -0.2) is 4.99 Å². The van der Waals surface area contributed by atoms with E-state index < -0.39 is 0 Å². The highest BCUT2D eigenvalue weighted by Gasteiger charge is 2.21. The zero-order valence-corrected chi connectivity index (χ0v) is 28.9. The van der Waals surface area contributed by atoms with Gasteiger partial charge in [-0.1, -0.05) is 188 Å². The van der Waals surface area contributed by atoms with Gasteiger partial charge in [0.15, 0.2) is 5.84 Å². The lowest BCUT2D eigenvalue weighted by Crippen LogP contribution is -2.06. The van der Waals surface area contributed by atoms with Gasteiger partial charge in [0.05, 0.1) is 6.54 Å².